The second kappa shape index (κ2) is 10.5. The molecule has 0 heterocycles. The van der Waals surface area contributed by atoms with Gasteiger partial charge in [-0.05, 0) is 32.5 Å². The van der Waals surface area contributed by atoms with Crippen molar-refractivity contribution in [1.29, 1.82) is 0 Å². The molecule has 0 aromatic carbocycles. The lowest BCUT2D eigenvalue weighted by Crippen LogP contribution is -2.23. The molecule has 0 atom stereocenters. The molecule has 0 spiro atoms. The Hall–Kier alpha value is 0.440. The van der Waals surface area contributed by atoms with Crippen molar-refractivity contribution in [3.05, 3.63) is 0 Å². The fourth-order valence-corrected chi connectivity index (χ4v) is 1.90. The predicted molar refractivity (Wildman–Crippen MR) is 64.7 cm³/mol. The summed E-state index contributed by atoms with van der Waals surface area (Å²) in [4.78, 5) is 2.50. The highest BCUT2D eigenvalue weighted by Gasteiger charge is 1.97. The number of unbranched alkanes of at least 4 members (excludes halogenated alkanes) is 4. The lowest BCUT2D eigenvalue weighted by Gasteiger charge is -2.17. The van der Waals surface area contributed by atoms with Crippen LogP contribution in [0.2, 0.25) is 0 Å². The zero-order valence-corrected chi connectivity index (χ0v) is 10.8. The first-order valence-corrected chi connectivity index (χ1v) is 6.75. The highest BCUT2D eigenvalue weighted by atomic mass is 79.9. The summed E-state index contributed by atoms with van der Waals surface area (Å²) in [5.41, 5.74) is 0. The van der Waals surface area contributed by atoms with Gasteiger partial charge in [0.1, 0.15) is 0 Å². The van der Waals surface area contributed by atoms with Gasteiger partial charge < -0.3 is 4.90 Å². The van der Waals surface area contributed by atoms with Gasteiger partial charge in [-0.3, -0.25) is 0 Å². The normalized spacial score (nSPS) is 11.1. The number of hydrogen-bond acceptors (Lipinski definition) is 1. The quantitative estimate of drug-likeness (QED) is 0.445. The maximum atomic E-state index is 3.46. The van der Waals surface area contributed by atoms with Gasteiger partial charge in [-0.1, -0.05) is 49.0 Å². The summed E-state index contributed by atoms with van der Waals surface area (Å²) >= 11 is 3.46. The molecule has 0 radical (unpaired) electrons. The van der Waals surface area contributed by atoms with Gasteiger partial charge in [-0.2, -0.15) is 0 Å². The van der Waals surface area contributed by atoms with E-state index in [1.165, 1.54) is 57.1 Å². The van der Waals surface area contributed by atoms with Gasteiger partial charge in [0.2, 0.25) is 0 Å². The minimum Gasteiger partial charge on any atom is -0.304 e. The van der Waals surface area contributed by atoms with Crippen LogP contribution >= 0.6 is 15.9 Å². The van der Waals surface area contributed by atoms with Crippen molar-refractivity contribution in [2.45, 2.75) is 46.0 Å². The van der Waals surface area contributed by atoms with Crippen molar-refractivity contribution in [3.63, 3.8) is 0 Å². The van der Waals surface area contributed by atoms with Gasteiger partial charge in [-0.25, -0.2) is 0 Å². The monoisotopic (exact) mass is 249 g/mol. The van der Waals surface area contributed by atoms with E-state index in [-0.39, 0.29) is 0 Å². The maximum absolute atomic E-state index is 3.46. The number of nitrogens with zero attached hydrogens (tertiary/aromatic N) is 1. The molecule has 0 N–H and O–H groups in total. The second-order valence-corrected chi connectivity index (χ2v) is 4.28. The third kappa shape index (κ3) is 8.76. The van der Waals surface area contributed by atoms with Crippen molar-refractivity contribution >= 4 is 15.9 Å². The zero-order valence-electron chi connectivity index (χ0n) is 9.19. The Balaban J connectivity index is 3.05. The third-order valence-electron chi connectivity index (χ3n) is 2.50. The molecule has 0 saturated carbocycles. The van der Waals surface area contributed by atoms with E-state index in [0.717, 1.165) is 0 Å². The largest absolute Gasteiger partial charge is 0.304 e. The Morgan fingerprint density at radius 2 is 1.38 bits per heavy atom. The number of rotatable bonds is 9. The number of hydrogen-bond donors (Lipinski definition) is 0. The van der Waals surface area contributed by atoms with E-state index in [9.17, 15) is 0 Å². The van der Waals surface area contributed by atoms with Crippen LogP contribution in [0.25, 0.3) is 0 Å². The van der Waals surface area contributed by atoms with Gasteiger partial charge in [0.15, 0.2) is 0 Å². The van der Waals surface area contributed by atoms with Crippen LogP contribution in [0.3, 0.4) is 0 Å². The minimum atomic E-state index is 1.17. The Labute approximate surface area is 92.0 Å². The smallest absolute Gasteiger partial charge is 0.00313 e. The summed E-state index contributed by atoms with van der Waals surface area (Å²) in [5, 5.41) is 1.17. The molecule has 13 heavy (non-hydrogen) atoms. The average Bonchev–Trinajstić information content (AvgIpc) is 2.17. The first-order valence-electron chi connectivity index (χ1n) is 5.63. The van der Waals surface area contributed by atoms with Crippen LogP contribution in [0, 0.1) is 0 Å². The average molecular weight is 250 g/mol. The molecule has 0 aliphatic carbocycles. The molecule has 0 aliphatic heterocycles. The van der Waals surface area contributed by atoms with Crippen LogP contribution in [-0.4, -0.2) is 29.9 Å². The molecule has 0 amide bonds. The summed E-state index contributed by atoms with van der Waals surface area (Å²) in [7, 11) is 0. The Morgan fingerprint density at radius 3 is 1.92 bits per heavy atom. The van der Waals surface area contributed by atoms with Crippen LogP contribution in [0.5, 0.6) is 0 Å². The van der Waals surface area contributed by atoms with E-state index in [2.05, 4.69) is 34.7 Å². The summed E-state index contributed by atoms with van der Waals surface area (Å²) < 4.78 is 0. The molecule has 80 valence electrons. The molecule has 0 unspecified atom stereocenters. The summed E-state index contributed by atoms with van der Waals surface area (Å²) in [5.74, 6) is 0. The van der Waals surface area contributed by atoms with E-state index in [1.807, 2.05) is 0 Å². The summed E-state index contributed by atoms with van der Waals surface area (Å²) in [6.45, 7) is 8.19. The van der Waals surface area contributed by atoms with E-state index in [1.54, 1.807) is 0 Å². The second-order valence-electron chi connectivity index (χ2n) is 3.48. The van der Waals surface area contributed by atoms with Crippen LogP contribution in [-0.2, 0) is 0 Å². The molecule has 0 aromatic heterocycles. The fraction of sp³-hybridized carbons (Fsp3) is 1.00. The lowest BCUT2D eigenvalue weighted by atomic mass is 10.1. The summed E-state index contributed by atoms with van der Waals surface area (Å²) in [6, 6.07) is 0. The zero-order chi connectivity index (χ0) is 9.94. The lowest BCUT2D eigenvalue weighted by molar-refractivity contribution is 0.295. The van der Waals surface area contributed by atoms with Crippen molar-refractivity contribution in [2.75, 3.05) is 25.0 Å². The molecular formula is C11H24BrN. The molecule has 0 saturated heterocycles. The van der Waals surface area contributed by atoms with Crippen LogP contribution in [0.15, 0.2) is 0 Å². The van der Waals surface area contributed by atoms with E-state index >= 15 is 0 Å². The highest BCUT2D eigenvalue weighted by Crippen LogP contribution is 2.05. The first kappa shape index (κ1) is 13.4. The maximum Gasteiger partial charge on any atom is 0.00313 e. The van der Waals surface area contributed by atoms with Crippen molar-refractivity contribution < 1.29 is 0 Å². The minimum absolute atomic E-state index is 1.17. The van der Waals surface area contributed by atoms with Crippen molar-refractivity contribution in [2.24, 2.45) is 0 Å². The van der Waals surface area contributed by atoms with Crippen molar-refractivity contribution in [3.8, 4) is 0 Å². The molecule has 0 fully saturated rings. The molecule has 2 heteroatoms. The number of alkyl halides is 1. The van der Waals surface area contributed by atoms with E-state index in [4.69, 9.17) is 0 Å². The van der Waals surface area contributed by atoms with Gasteiger partial charge in [0.05, 0.1) is 0 Å². The Kier molecular flexibility index (Phi) is 10.9. The molecule has 0 rings (SSSR count). The van der Waals surface area contributed by atoms with Crippen LogP contribution < -0.4 is 0 Å². The van der Waals surface area contributed by atoms with Crippen molar-refractivity contribution in [1.82, 2.24) is 4.90 Å². The highest BCUT2D eigenvalue weighted by molar-refractivity contribution is 9.09. The Morgan fingerprint density at radius 1 is 0.846 bits per heavy atom. The topological polar surface area (TPSA) is 3.24 Å². The standard InChI is InChI=1S/C11H24BrN/c1-3-13(4-2)11-9-7-5-6-8-10-12/h3-11H2,1-2H3. The van der Waals surface area contributed by atoms with Gasteiger partial charge in [-0.15, -0.1) is 0 Å². The van der Waals surface area contributed by atoms with E-state index < -0.39 is 0 Å². The van der Waals surface area contributed by atoms with Crippen LogP contribution in [0.4, 0.5) is 0 Å². The fourth-order valence-electron chi connectivity index (χ4n) is 1.50. The van der Waals surface area contributed by atoms with Gasteiger partial charge in [0, 0.05) is 5.33 Å². The van der Waals surface area contributed by atoms with Gasteiger partial charge in [0.25, 0.3) is 0 Å². The third-order valence-corrected chi connectivity index (χ3v) is 3.06. The molecule has 0 bridgehead atoms. The SMILES string of the molecule is CCN(CC)CCCCCCCBr. The molecule has 0 aliphatic rings. The number of halogens is 1. The molecular weight excluding hydrogens is 226 g/mol. The first-order chi connectivity index (χ1) is 6.35. The Bertz CT molecular complexity index is 92.1. The van der Waals surface area contributed by atoms with E-state index in [0.29, 0.717) is 0 Å². The molecule has 1 nitrogen and oxygen atoms in total. The van der Waals surface area contributed by atoms with Gasteiger partial charge >= 0.3 is 0 Å². The predicted octanol–water partition coefficient (Wildman–Crippen LogP) is 3.67. The van der Waals surface area contributed by atoms with Crippen LogP contribution in [0.1, 0.15) is 46.0 Å². The summed E-state index contributed by atoms with van der Waals surface area (Å²) in [6.07, 6.45) is 6.93. The molecule has 0 aromatic rings.